The third-order valence-corrected chi connectivity index (χ3v) is 2.93. The van der Waals surface area contributed by atoms with Crippen molar-refractivity contribution in [3.05, 3.63) is 11.4 Å². The van der Waals surface area contributed by atoms with E-state index in [2.05, 4.69) is 10.3 Å². The van der Waals surface area contributed by atoms with Gasteiger partial charge >= 0.3 is 0 Å². The van der Waals surface area contributed by atoms with Gasteiger partial charge in [0.25, 0.3) is 5.91 Å². The van der Waals surface area contributed by atoms with Crippen LogP contribution in [0.2, 0.25) is 0 Å². The summed E-state index contributed by atoms with van der Waals surface area (Å²) < 4.78 is 1.59. The molecule has 6 heteroatoms. The third-order valence-electron chi connectivity index (χ3n) is 2.93. The van der Waals surface area contributed by atoms with E-state index >= 15 is 0 Å². The molecular formula is C10H16N4O2. The summed E-state index contributed by atoms with van der Waals surface area (Å²) in [5, 5.41) is 17.4. The second-order valence-electron chi connectivity index (χ2n) is 4.19. The lowest BCUT2D eigenvalue weighted by molar-refractivity contribution is 0.0993. The van der Waals surface area contributed by atoms with Crippen molar-refractivity contribution < 1.29 is 9.90 Å². The number of amides is 1. The van der Waals surface area contributed by atoms with Crippen LogP contribution in [-0.2, 0) is 13.0 Å². The molecule has 1 aromatic heterocycles. The fourth-order valence-corrected chi connectivity index (χ4v) is 1.83. The molecule has 1 unspecified atom stereocenters. The Hall–Kier alpha value is -1.43. The quantitative estimate of drug-likeness (QED) is 0.718. The molecule has 0 saturated heterocycles. The molecular weight excluding hydrogens is 208 g/mol. The van der Waals surface area contributed by atoms with Crippen LogP contribution in [0.1, 0.15) is 35.9 Å². The Labute approximate surface area is 93.4 Å². The van der Waals surface area contributed by atoms with Crippen LogP contribution in [-0.4, -0.2) is 32.1 Å². The molecule has 88 valence electrons. The summed E-state index contributed by atoms with van der Waals surface area (Å²) in [4.78, 5) is 11.1. The van der Waals surface area contributed by atoms with Crippen LogP contribution in [0.4, 0.5) is 0 Å². The van der Waals surface area contributed by atoms with Crippen LogP contribution in [0.15, 0.2) is 0 Å². The largest absolute Gasteiger partial charge is 0.391 e. The van der Waals surface area contributed by atoms with E-state index in [1.165, 1.54) is 0 Å². The predicted molar refractivity (Wildman–Crippen MR) is 56.6 cm³/mol. The minimum Gasteiger partial charge on any atom is -0.391 e. The molecule has 0 spiro atoms. The highest BCUT2D eigenvalue weighted by Crippen LogP contribution is 2.33. The fraction of sp³-hybridized carbons (Fsp3) is 0.700. The normalized spacial score (nSPS) is 17.4. The molecule has 1 heterocycles. The van der Waals surface area contributed by atoms with Gasteiger partial charge in [-0.1, -0.05) is 12.1 Å². The molecule has 1 saturated carbocycles. The van der Waals surface area contributed by atoms with Gasteiger partial charge in [-0.15, -0.1) is 5.10 Å². The van der Waals surface area contributed by atoms with E-state index in [0.717, 1.165) is 12.8 Å². The summed E-state index contributed by atoms with van der Waals surface area (Å²) in [6.45, 7) is 2.30. The van der Waals surface area contributed by atoms with Crippen LogP contribution in [0, 0.1) is 5.92 Å². The number of hydrogen-bond acceptors (Lipinski definition) is 4. The Kier molecular flexibility index (Phi) is 2.91. The zero-order valence-corrected chi connectivity index (χ0v) is 9.26. The molecule has 3 N–H and O–H groups in total. The predicted octanol–water partition coefficient (Wildman–Crippen LogP) is -0.290. The van der Waals surface area contributed by atoms with Gasteiger partial charge in [-0.2, -0.15) is 0 Å². The maximum absolute atomic E-state index is 11.1. The second kappa shape index (κ2) is 4.21. The van der Waals surface area contributed by atoms with Gasteiger partial charge in [0.2, 0.25) is 0 Å². The molecule has 6 nitrogen and oxygen atoms in total. The number of rotatable bonds is 5. The van der Waals surface area contributed by atoms with Crippen LogP contribution in [0.25, 0.3) is 0 Å². The number of primary amides is 1. The van der Waals surface area contributed by atoms with Crippen molar-refractivity contribution in [3.8, 4) is 0 Å². The molecule has 0 aliphatic heterocycles. The molecule has 16 heavy (non-hydrogen) atoms. The minimum absolute atomic E-state index is 0.213. The second-order valence-corrected chi connectivity index (χ2v) is 4.19. The Bertz CT molecular complexity index is 398. The van der Waals surface area contributed by atoms with Gasteiger partial charge in [-0.3, -0.25) is 4.79 Å². The van der Waals surface area contributed by atoms with Crippen LogP contribution < -0.4 is 5.73 Å². The van der Waals surface area contributed by atoms with E-state index in [-0.39, 0.29) is 5.69 Å². The van der Waals surface area contributed by atoms with Crippen molar-refractivity contribution in [2.45, 2.75) is 38.8 Å². The molecule has 0 aromatic carbocycles. The number of aliphatic hydroxyl groups is 1. The number of aliphatic hydroxyl groups excluding tert-OH is 1. The Morgan fingerprint density at radius 3 is 2.88 bits per heavy atom. The first-order valence-electron chi connectivity index (χ1n) is 5.53. The highest BCUT2D eigenvalue weighted by Gasteiger charge is 2.31. The van der Waals surface area contributed by atoms with Gasteiger partial charge in [0.1, 0.15) is 0 Å². The summed E-state index contributed by atoms with van der Waals surface area (Å²) in [6, 6.07) is 0. The molecule has 0 bridgehead atoms. The lowest BCUT2D eigenvalue weighted by Crippen LogP contribution is -2.21. The topological polar surface area (TPSA) is 94.0 Å². The number of aromatic nitrogens is 3. The zero-order chi connectivity index (χ0) is 11.7. The van der Waals surface area contributed by atoms with Crippen LogP contribution in [0.3, 0.4) is 0 Å². The fourth-order valence-electron chi connectivity index (χ4n) is 1.83. The molecule has 1 aliphatic carbocycles. The van der Waals surface area contributed by atoms with Crippen molar-refractivity contribution in [1.29, 1.82) is 0 Å². The summed E-state index contributed by atoms with van der Waals surface area (Å²) in [5.41, 5.74) is 6.10. The Balaban J connectivity index is 2.16. The summed E-state index contributed by atoms with van der Waals surface area (Å²) in [5.74, 6) is -0.185. The molecule has 1 aromatic rings. The van der Waals surface area contributed by atoms with Gasteiger partial charge in [-0.25, -0.2) is 4.68 Å². The maximum Gasteiger partial charge on any atom is 0.271 e. The maximum atomic E-state index is 11.1. The first-order chi connectivity index (χ1) is 7.63. The Morgan fingerprint density at radius 2 is 2.38 bits per heavy atom. The van der Waals surface area contributed by atoms with Gasteiger partial charge in [0.05, 0.1) is 18.3 Å². The lowest BCUT2D eigenvalue weighted by Gasteiger charge is -2.10. The highest BCUT2D eigenvalue weighted by atomic mass is 16.3. The number of carbonyl (C=O) groups is 1. The van der Waals surface area contributed by atoms with E-state index in [0.29, 0.717) is 24.6 Å². The van der Waals surface area contributed by atoms with Gasteiger partial charge in [0.15, 0.2) is 5.69 Å². The van der Waals surface area contributed by atoms with Gasteiger partial charge < -0.3 is 10.8 Å². The van der Waals surface area contributed by atoms with Crippen molar-refractivity contribution in [2.24, 2.45) is 11.7 Å². The SMILES string of the molecule is CCc1c(C(N)=O)nnn1CC(O)C1CC1. The first-order valence-corrected chi connectivity index (χ1v) is 5.53. The monoisotopic (exact) mass is 224 g/mol. The average Bonchev–Trinajstić information content (AvgIpc) is 3.00. The van der Waals surface area contributed by atoms with E-state index in [9.17, 15) is 9.90 Å². The average molecular weight is 224 g/mol. The summed E-state index contributed by atoms with van der Waals surface area (Å²) in [7, 11) is 0. The van der Waals surface area contributed by atoms with Crippen molar-refractivity contribution >= 4 is 5.91 Å². The molecule has 1 atom stereocenters. The molecule has 2 rings (SSSR count). The number of nitrogens with zero attached hydrogens (tertiary/aromatic N) is 3. The molecule has 1 aliphatic rings. The zero-order valence-electron chi connectivity index (χ0n) is 9.26. The van der Waals surface area contributed by atoms with E-state index in [4.69, 9.17) is 5.73 Å². The molecule has 1 fully saturated rings. The van der Waals surface area contributed by atoms with Gasteiger partial charge in [-0.05, 0) is 25.2 Å². The highest BCUT2D eigenvalue weighted by molar-refractivity contribution is 5.91. The van der Waals surface area contributed by atoms with Gasteiger partial charge in [0, 0.05) is 0 Å². The first kappa shape index (κ1) is 11.1. The van der Waals surface area contributed by atoms with Crippen molar-refractivity contribution in [2.75, 3.05) is 0 Å². The van der Waals surface area contributed by atoms with E-state index < -0.39 is 12.0 Å². The molecule has 1 amide bonds. The van der Waals surface area contributed by atoms with Crippen LogP contribution in [0.5, 0.6) is 0 Å². The number of carbonyl (C=O) groups excluding carboxylic acids is 1. The Morgan fingerprint density at radius 1 is 1.69 bits per heavy atom. The van der Waals surface area contributed by atoms with Crippen LogP contribution >= 0.6 is 0 Å². The van der Waals surface area contributed by atoms with E-state index in [1.807, 2.05) is 6.92 Å². The van der Waals surface area contributed by atoms with E-state index in [1.54, 1.807) is 4.68 Å². The smallest absolute Gasteiger partial charge is 0.271 e. The third kappa shape index (κ3) is 2.06. The molecule has 0 radical (unpaired) electrons. The minimum atomic E-state index is -0.566. The van der Waals surface area contributed by atoms with Crippen molar-refractivity contribution in [3.63, 3.8) is 0 Å². The van der Waals surface area contributed by atoms with Crippen molar-refractivity contribution in [1.82, 2.24) is 15.0 Å². The number of hydrogen-bond donors (Lipinski definition) is 2. The standard InChI is InChI=1S/C10H16N4O2/c1-2-7-9(10(11)16)12-13-14(7)5-8(15)6-3-4-6/h6,8,15H,2-5H2,1H3,(H2,11,16). The number of nitrogens with two attached hydrogens (primary N) is 1. The lowest BCUT2D eigenvalue weighted by atomic mass is 10.2. The summed E-state index contributed by atoms with van der Waals surface area (Å²) >= 11 is 0. The summed E-state index contributed by atoms with van der Waals surface area (Å²) in [6.07, 6.45) is 2.37.